The monoisotopic (exact) mass is 399 g/mol. The molecule has 0 aliphatic heterocycles. The van der Waals surface area contributed by atoms with Crippen LogP contribution >= 0.6 is 34.7 Å². The molecule has 4 aromatic rings. The van der Waals surface area contributed by atoms with Crippen LogP contribution in [0.4, 0.5) is 0 Å². The molecule has 0 saturated heterocycles. The molecule has 0 unspecified atom stereocenters. The molecular formula is C18H14ClN5S2. The number of halogens is 1. The molecule has 2 heterocycles. The van der Waals surface area contributed by atoms with Crippen LogP contribution in [0.1, 0.15) is 12.5 Å². The van der Waals surface area contributed by atoms with Crippen molar-refractivity contribution in [2.45, 2.75) is 22.8 Å². The lowest BCUT2D eigenvalue weighted by Crippen LogP contribution is -2.02. The molecule has 0 atom stereocenters. The second-order valence-electron chi connectivity index (χ2n) is 5.46. The predicted octanol–water partition coefficient (Wildman–Crippen LogP) is 5.15. The van der Waals surface area contributed by atoms with Crippen molar-refractivity contribution in [3.05, 3.63) is 64.5 Å². The summed E-state index contributed by atoms with van der Waals surface area (Å²) in [5.74, 6) is 0. The van der Waals surface area contributed by atoms with Crippen molar-refractivity contribution in [3.63, 3.8) is 0 Å². The van der Waals surface area contributed by atoms with Gasteiger partial charge >= 0.3 is 0 Å². The molecule has 5 nitrogen and oxygen atoms in total. The minimum atomic E-state index is 0.697. The SMILES string of the molecule is CCc1ccccc1-n1nnnc1Sc1nc(-c2ccc(Cl)cc2)cs1. The maximum atomic E-state index is 5.95. The van der Waals surface area contributed by atoms with E-state index in [2.05, 4.69) is 28.5 Å². The number of tetrazole rings is 1. The number of rotatable bonds is 5. The van der Waals surface area contributed by atoms with Gasteiger partial charge in [0.1, 0.15) is 0 Å². The third kappa shape index (κ3) is 3.51. The fourth-order valence-corrected chi connectivity index (χ4v) is 4.38. The van der Waals surface area contributed by atoms with E-state index in [1.807, 2.05) is 47.8 Å². The van der Waals surface area contributed by atoms with Crippen molar-refractivity contribution >= 4 is 34.7 Å². The number of hydrogen-bond donors (Lipinski definition) is 0. The average molecular weight is 400 g/mol. The zero-order valence-electron chi connectivity index (χ0n) is 13.8. The Morgan fingerprint density at radius 1 is 1.12 bits per heavy atom. The van der Waals surface area contributed by atoms with Gasteiger partial charge in [-0.05, 0) is 52.4 Å². The third-order valence-corrected chi connectivity index (χ3v) is 5.97. The zero-order valence-corrected chi connectivity index (χ0v) is 16.2. The van der Waals surface area contributed by atoms with Crippen LogP contribution in [-0.2, 0) is 6.42 Å². The molecule has 0 saturated carbocycles. The summed E-state index contributed by atoms with van der Waals surface area (Å²) >= 11 is 8.99. The summed E-state index contributed by atoms with van der Waals surface area (Å²) in [7, 11) is 0. The van der Waals surface area contributed by atoms with E-state index in [1.165, 1.54) is 17.3 Å². The van der Waals surface area contributed by atoms with Crippen LogP contribution in [0.3, 0.4) is 0 Å². The molecule has 130 valence electrons. The summed E-state index contributed by atoms with van der Waals surface area (Å²) in [6.45, 7) is 2.12. The Labute approximate surface area is 164 Å². The first-order valence-corrected chi connectivity index (χ1v) is 10.1. The van der Waals surface area contributed by atoms with Gasteiger partial charge in [-0.2, -0.15) is 4.68 Å². The Morgan fingerprint density at radius 3 is 2.73 bits per heavy atom. The van der Waals surface area contributed by atoms with Crippen LogP contribution in [0.25, 0.3) is 16.9 Å². The summed E-state index contributed by atoms with van der Waals surface area (Å²) in [6.07, 6.45) is 0.915. The fourth-order valence-electron chi connectivity index (χ4n) is 2.55. The minimum Gasteiger partial charge on any atom is -0.229 e. The second kappa shape index (κ2) is 7.57. The van der Waals surface area contributed by atoms with Gasteiger partial charge in [0, 0.05) is 16.0 Å². The molecule has 2 aromatic heterocycles. The topological polar surface area (TPSA) is 56.5 Å². The van der Waals surface area contributed by atoms with Crippen LogP contribution in [0.15, 0.2) is 63.4 Å². The zero-order chi connectivity index (χ0) is 17.9. The fraction of sp³-hybridized carbons (Fsp3) is 0.111. The van der Waals surface area contributed by atoms with Gasteiger partial charge in [-0.1, -0.05) is 48.9 Å². The smallest absolute Gasteiger partial charge is 0.221 e. The van der Waals surface area contributed by atoms with Crippen LogP contribution < -0.4 is 0 Å². The molecule has 0 aliphatic rings. The lowest BCUT2D eigenvalue weighted by Gasteiger charge is -2.07. The first kappa shape index (κ1) is 17.2. The van der Waals surface area contributed by atoms with Crippen LogP contribution in [0.5, 0.6) is 0 Å². The maximum Gasteiger partial charge on any atom is 0.221 e. The van der Waals surface area contributed by atoms with Crippen LogP contribution in [0.2, 0.25) is 5.02 Å². The molecule has 0 radical (unpaired) electrons. The first-order chi connectivity index (χ1) is 12.7. The maximum absolute atomic E-state index is 5.95. The molecule has 4 rings (SSSR count). The molecule has 0 amide bonds. The molecule has 0 fully saturated rings. The number of thiazole rings is 1. The third-order valence-electron chi connectivity index (χ3n) is 3.84. The number of hydrogen-bond acceptors (Lipinski definition) is 6. The Hall–Kier alpha value is -2.22. The summed E-state index contributed by atoms with van der Waals surface area (Å²) in [4.78, 5) is 4.69. The van der Waals surface area contributed by atoms with Gasteiger partial charge in [0.25, 0.3) is 0 Å². The molecule has 2 aromatic carbocycles. The van der Waals surface area contributed by atoms with Gasteiger partial charge in [0.15, 0.2) is 4.34 Å². The second-order valence-corrected chi connectivity index (χ2v) is 7.97. The van der Waals surface area contributed by atoms with Crippen molar-refractivity contribution in [2.75, 3.05) is 0 Å². The lowest BCUT2D eigenvalue weighted by atomic mass is 10.1. The van der Waals surface area contributed by atoms with Crippen LogP contribution in [0, 0.1) is 0 Å². The van der Waals surface area contributed by atoms with Gasteiger partial charge in [0.05, 0.1) is 11.4 Å². The van der Waals surface area contributed by atoms with E-state index in [4.69, 9.17) is 16.6 Å². The predicted molar refractivity (Wildman–Crippen MR) is 105 cm³/mol. The highest BCUT2D eigenvalue weighted by Crippen LogP contribution is 2.33. The number of aromatic nitrogens is 5. The summed E-state index contributed by atoms with van der Waals surface area (Å²) < 4.78 is 2.66. The van der Waals surface area contributed by atoms with E-state index < -0.39 is 0 Å². The molecule has 0 aliphatic carbocycles. The van der Waals surface area contributed by atoms with Gasteiger partial charge < -0.3 is 0 Å². The molecule has 0 bridgehead atoms. The van der Waals surface area contributed by atoms with E-state index in [-0.39, 0.29) is 0 Å². The molecule has 8 heteroatoms. The highest BCUT2D eigenvalue weighted by molar-refractivity contribution is 8.00. The van der Waals surface area contributed by atoms with Crippen molar-refractivity contribution in [1.29, 1.82) is 0 Å². The summed E-state index contributed by atoms with van der Waals surface area (Å²) in [5.41, 5.74) is 4.15. The standard InChI is InChI=1S/C18H14ClN5S2/c1-2-12-5-3-4-6-16(12)24-17(21-22-23-24)26-18-20-15(11-25-18)13-7-9-14(19)10-8-13/h3-11H,2H2,1H3. The Morgan fingerprint density at radius 2 is 1.92 bits per heavy atom. The van der Waals surface area contributed by atoms with E-state index in [1.54, 1.807) is 16.0 Å². The number of aryl methyl sites for hydroxylation is 1. The van der Waals surface area contributed by atoms with Gasteiger partial charge in [-0.3, -0.25) is 0 Å². The summed E-state index contributed by atoms with van der Waals surface area (Å²) in [6, 6.07) is 15.8. The largest absolute Gasteiger partial charge is 0.229 e. The molecule has 0 N–H and O–H groups in total. The number of para-hydroxylation sites is 1. The van der Waals surface area contributed by atoms with Gasteiger partial charge in [-0.15, -0.1) is 16.4 Å². The van der Waals surface area contributed by atoms with E-state index in [9.17, 15) is 0 Å². The first-order valence-electron chi connectivity index (χ1n) is 8.00. The lowest BCUT2D eigenvalue weighted by molar-refractivity contribution is 0.747. The van der Waals surface area contributed by atoms with Crippen molar-refractivity contribution in [3.8, 4) is 16.9 Å². The average Bonchev–Trinajstić information content (AvgIpc) is 3.32. The van der Waals surface area contributed by atoms with E-state index >= 15 is 0 Å². The normalized spacial score (nSPS) is 11.0. The van der Waals surface area contributed by atoms with Crippen molar-refractivity contribution in [1.82, 2.24) is 25.2 Å². The Bertz CT molecular complexity index is 1030. The highest BCUT2D eigenvalue weighted by atomic mass is 35.5. The van der Waals surface area contributed by atoms with E-state index in [0.717, 1.165) is 27.7 Å². The highest BCUT2D eigenvalue weighted by Gasteiger charge is 2.15. The summed E-state index contributed by atoms with van der Waals surface area (Å²) in [5, 5.41) is 15.6. The Kier molecular flexibility index (Phi) is 5.01. The molecule has 26 heavy (non-hydrogen) atoms. The minimum absolute atomic E-state index is 0.697. The Balaban J connectivity index is 1.62. The van der Waals surface area contributed by atoms with Gasteiger partial charge in [0.2, 0.25) is 5.16 Å². The van der Waals surface area contributed by atoms with Crippen molar-refractivity contribution < 1.29 is 0 Å². The molecular weight excluding hydrogens is 386 g/mol. The van der Waals surface area contributed by atoms with E-state index in [0.29, 0.717) is 10.2 Å². The molecule has 0 spiro atoms. The van der Waals surface area contributed by atoms with Crippen molar-refractivity contribution in [2.24, 2.45) is 0 Å². The quantitative estimate of drug-likeness (QED) is 0.464. The number of benzene rings is 2. The number of nitrogens with zero attached hydrogens (tertiary/aromatic N) is 5. The van der Waals surface area contributed by atoms with Crippen LogP contribution in [-0.4, -0.2) is 25.2 Å². The van der Waals surface area contributed by atoms with Gasteiger partial charge in [-0.25, -0.2) is 4.98 Å².